The van der Waals surface area contributed by atoms with Gasteiger partial charge in [0, 0.05) is 6.21 Å². The fourth-order valence-electron chi connectivity index (χ4n) is 2.18. The van der Waals surface area contributed by atoms with Gasteiger partial charge in [0.2, 0.25) is 0 Å². The van der Waals surface area contributed by atoms with Crippen molar-refractivity contribution in [2.45, 2.75) is 0 Å². The van der Waals surface area contributed by atoms with Gasteiger partial charge in [-0.25, -0.2) is 0 Å². The van der Waals surface area contributed by atoms with Crippen molar-refractivity contribution in [1.82, 2.24) is 0 Å². The van der Waals surface area contributed by atoms with Gasteiger partial charge in [0.05, 0.1) is 5.69 Å². The quantitative estimate of drug-likeness (QED) is 0.405. The number of para-hydroxylation sites is 1. The lowest BCUT2D eigenvalue weighted by Gasteiger charge is -2.05. The molecule has 3 aromatic rings. The lowest BCUT2D eigenvalue weighted by molar-refractivity contribution is 0.363. The molecule has 0 spiro atoms. The minimum atomic E-state index is 0.505. The van der Waals surface area contributed by atoms with E-state index in [9.17, 15) is 0 Å². The van der Waals surface area contributed by atoms with Gasteiger partial charge in [-0.15, -0.1) is 0 Å². The van der Waals surface area contributed by atoms with E-state index in [0.29, 0.717) is 6.61 Å². The average molecular weight is 329 g/mol. The maximum atomic E-state index is 5.77. The zero-order chi connectivity index (χ0) is 17.3. The zero-order valence-corrected chi connectivity index (χ0v) is 13.8. The van der Waals surface area contributed by atoms with Gasteiger partial charge in [-0.2, -0.15) is 0 Å². The second-order valence-corrected chi connectivity index (χ2v) is 5.34. The number of hydrogen-bond donors (Lipinski definition) is 0. The maximum absolute atomic E-state index is 5.77. The Hall–Kier alpha value is -3.33. The van der Waals surface area contributed by atoms with E-state index in [1.807, 2.05) is 85.1 Å². The smallest absolute Gasteiger partial charge is 0.127 e. The summed E-state index contributed by atoms with van der Waals surface area (Å²) in [6.45, 7) is 4.14. The van der Waals surface area contributed by atoms with Crippen LogP contribution in [-0.4, -0.2) is 12.8 Å². The van der Waals surface area contributed by atoms with Crippen LogP contribution in [0.25, 0.3) is 0 Å². The van der Waals surface area contributed by atoms with E-state index in [1.54, 1.807) is 6.08 Å². The molecular formula is C22H19NO2. The summed E-state index contributed by atoms with van der Waals surface area (Å²) >= 11 is 0. The molecular weight excluding hydrogens is 310 g/mol. The van der Waals surface area contributed by atoms with Crippen LogP contribution in [0.4, 0.5) is 5.69 Å². The molecule has 0 saturated heterocycles. The molecule has 0 aromatic heterocycles. The lowest BCUT2D eigenvalue weighted by Crippen LogP contribution is -1.92. The number of ether oxygens (including phenoxy) is 2. The third kappa shape index (κ3) is 5.08. The summed E-state index contributed by atoms with van der Waals surface area (Å²) in [7, 11) is 0. The first-order valence-electron chi connectivity index (χ1n) is 8.04. The van der Waals surface area contributed by atoms with Gasteiger partial charge in [0.1, 0.15) is 23.9 Å². The van der Waals surface area contributed by atoms with Crippen LogP contribution in [-0.2, 0) is 0 Å². The standard InChI is InChI=1S/C22H19NO2/c1-2-16-24-20-12-8-18(9-13-20)17-23-19-10-14-22(15-11-19)25-21-6-4-3-5-7-21/h2-15,17H,1,16H2. The van der Waals surface area contributed by atoms with Crippen LogP contribution >= 0.6 is 0 Å². The van der Waals surface area contributed by atoms with E-state index in [2.05, 4.69) is 11.6 Å². The molecule has 0 radical (unpaired) electrons. The van der Waals surface area contributed by atoms with Crippen molar-refractivity contribution < 1.29 is 9.47 Å². The predicted octanol–water partition coefficient (Wildman–Crippen LogP) is 5.79. The van der Waals surface area contributed by atoms with Crippen molar-refractivity contribution >= 4 is 11.9 Å². The lowest BCUT2D eigenvalue weighted by atomic mass is 10.2. The van der Waals surface area contributed by atoms with Crippen LogP contribution in [0.1, 0.15) is 5.56 Å². The van der Waals surface area contributed by atoms with Crippen LogP contribution in [0.5, 0.6) is 17.2 Å². The summed E-state index contributed by atoms with van der Waals surface area (Å²) in [5.41, 5.74) is 1.88. The molecule has 3 aromatic carbocycles. The Bertz CT molecular complexity index is 822. The van der Waals surface area contributed by atoms with Crippen molar-refractivity contribution in [3.8, 4) is 17.2 Å². The summed E-state index contributed by atoms with van der Waals surface area (Å²) in [6.07, 6.45) is 3.55. The third-order valence-corrected chi connectivity index (χ3v) is 3.43. The molecule has 0 N–H and O–H groups in total. The first-order valence-corrected chi connectivity index (χ1v) is 8.04. The van der Waals surface area contributed by atoms with Gasteiger partial charge in [-0.1, -0.05) is 30.9 Å². The molecule has 0 aliphatic rings. The Morgan fingerprint density at radius 3 is 2.08 bits per heavy atom. The number of rotatable bonds is 7. The van der Waals surface area contributed by atoms with Crippen molar-refractivity contribution in [3.05, 3.63) is 97.1 Å². The fraction of sp³-hybridized carbons (Fsp3) is 0.0455. The fourth-order valence-corrected chi connectivity index (χ4v) is 2.18. The van der Waals surface area contributed by atoms with Crippen molar-refractivity contribution in [3.63, 3.8) is 0 Å². The monoisotopic (exact) mass is 329 g/mol. The molecule has 0 unspecified atom stereocenters. The average Bonchev–Trinajstić information content (AvgIpc) is 2.67. The highest BCUT2D eigenvalue weighted by Crippen LogP contribution is 2.23. The summed E-state index contributed by atoms with van der Waals surface area (Å²) in [5.74, 6) is 2.42. The largest absolute Gasteiger partial charge is 0.490 e. The van der Waals surface area contributed by atoms with Crippen LogP contribution in [0, 0.1) is 0 Å². The minimum absolute atomic E-state index is 0.505. The summed E-state index contributed by atoms with van der Waals surface area (Å²) in [6, 6.07) is 25.1. The molecule has 0 atom stereocenters. The Balaban J connectivity index is 1.60. The van der Waals surface area contributed by atoms with E-state index in [4.69, 9.17) is 9.47 Å². The SMILES string of the molecule is C=CCOc1ccc(C=Nc2ccc(Oc3ccccc3)cc2)cc1. The highest BCUT2D eigenvalue weighted by molar-refractivity contribution is 5.82. The second-order valence-electron chi connectivity index (χ2n) is 5.34. The predicted molar refractivity (Wildman–Crippen MR) is 102 cm³/mol. The second kappa shape index (κ2) is 8.50. The highest BCUT2D eigenvalue weighted by atomic mass is 16.5. The van der Waals surface area contributed by atoms with Crippen LogP contribution in [0.15, 0.2) is 96.5 Å². The van der Waals surface area contributed by atoms with E-state index in [0.717, 1.165) is 28.5 Å². The molecule has 0 saturated carbocycles. The van der Waals surface area contributed by atoms with E-state index >= 15 is 0 Å². The number of hydrogen-bond acceptors (Lipinski definition) is 3. The summed E-state index contributed by atoms with van der Waals surface area (Å²) < 4.78 is 11.2. The molecule has 124 valence electrons. The van der Waals surface area contributed by atoms with Crippen molar-refractivity contribution in [1.29, 1.82) is 0 Å². The molecule has 3 heteroatoms. The van der Waals surface area contributed by atoms with Gasteiger partial charge in [0.25, 0.3) is 0 Å². The van der Waals surface area contributed by atoms with Crippen molar-refractivity contribution in [2.24, 2.45) is 4.99 Å². The highest BCUT2D eigenvalue weighted by Gasteiger charge is 1.97. The molecule has 0 heterocycles. The van der Waals surface area contributed by atoms with Gasteiger partial charge in [0.15, 0.2) is 0 Å². The minimum Gasteiger partial charge on any atom is -0.490 e. The Kier molecular flexibility index (Phi) is 5.62. The Morgan fingerprint density at radius 1 is 0.760 bits per heavy atom. The van der Waals surface area contributed by atoms with E-state index in [-0.39, 0.29) is 0 Å². The maximum Gasteiger partial charge on any atom is 0.127 e. The molecule has 0 aliphatic carbocycles. The van der Waals surface area contributed by atoms with Gasteiger partial charge in [-0.3, -0.25) is 4.99 Å². The van der Waals surface area contributed by atoms with Gasteiger partial charge < -0.3 is 9.47 Å². The molecule has 0 amide bonds. The normalized spacial score (nSPS) is 10.6. The number of nitrogens with zero attached hydrogens (tertiary/aromatic N) is 1. The first kappa shape index (κ1) is 16.5. The first-order chi connectivity index (χ1) is 12.3. The third-order valence-electron chi connectivity index (χ3n) is 3.43. The van der Waals surface area contributed by atoms with Crippen LogP contribution in [0.3, 0.4) is 0 Å². The number of aliphatic imine (C=N–C) groups is 1. The van der Waals surface area contributed by atoms with Crippen molar-refractivity contribution in [2.75, 3.05) is 6.61 Å². The molecule has 0 fully saturated rings. The molecule has 0 bridgehead atoms. The Labute approximate surface area is 147 Å². The molecule has 3 nitrogen and oxygen atoms in total. The van der Waals surface area contributed by atoms with Crippen LogP contribution < -0.4 is 9.47 Å². The molecule has 0 aliphatic heterocycles. The van der Waals surface area contributed by atoms with Crippen LogP contribution in [0.2, 0.25) is 0 Å². The van der Waals surface area contributed by atoms with E-state index in [1.165, 1.54) is 0 Å². The van der Waals surface area contributed by atoms with E-state index < -0.39 is 0 Å². The number of benzene rings is 3. The molecule has 3 rings (SSSR count). The summed E-state index contributed by atoms with van der Waals surface area (Å²) in [5, 5.41) is 0. The Morgan fingerprint density at radius 2 is 1.40 bits per heavy atom. The van der Waals surface area contributed by atoms with Gasteiger partial charge in [-0.05, 0) is 66.2 Å². The topological polar surface area (TPSA) is 30.8 Å². The zero-order valence-electron chi connectivity index (χ0n) is 13.8. The van der Waals surface area contributed by atoms with Gasteiger partial charge >= 0.3 is 0 Å². The summed E-state index contributed by atoms with van der Waals surface area (Å²) in [4.78, 5) is 4.48. The molecule has 25 heavy (non-hydrogen) atoms.